The fourth-order valence-electron chi connectivity index (χ4n) is 6.48. The second-order valence-electron chi connectivity index (χ2n) is 11.1. The molecule has 2 aromatic rings. The number of terminal acetylenes is 1. The van der Waals surface area contributed by atoms with Crippen LogP contribution in [0, 0.1) is 41.3 Å². The minimum atomic E-state index is -3.49. The fourth-order valence-corrected chi connectivity index (χ4v) is 9.66. The zero-order valence-corrected chi connectivity index (χ0v) is 23.4. The maximum absolute atomic E-state index is 13.2. The Labute approximate surface area is 223 Å². The highest BCUT2D eigenvalue weighted by Crippen LogP contribution is 2.57. The number of aliphatic hydroxyl groups is 1. The lowest BCUT2D eigenvalue weighted by Crippen LogP contribution is -2.53. The van der Waals surface area contributed by atoms with Crippen molar-refractivity contribution in [2.75, 3.05) is 13.6 Å². The van der Waals surface area contributed by atoms with Crippen LogP contribution in [0.15, 0.2) is 24.3 Å². The predicted molar refractivity (Wildman–Crippen MR) is 143 cm³/mol. The minimum Gasteiger partial charge on any atom is -0.392 e. The van der Waals surface area contributed by atoms with Gasteiger partial charge >= 0.3 is 0 Å². The molecule has 1 fully saturated rings. The summed E-state index contributed by atoms with van der Waals surface area (Å²) in [4.78, 5) is 20.3. The molecule has 4 rings (SSSR count). The molecule has 0 radical (unpaired) electrons. The molecule has 1 N–H and O–H groups in total. The standard InChI is InChI=1S/C28H35FN2O4S2/c1-6-13-31(5)27(33)17(2)21-11-12-28(4)14-22-25(18(3)24(28)26(21)32)30-23(36-22)16-37(34,35)15-19-7-9-20(29)10-8-19/h1,7-10,17-18,21,24,26,32H,11-16H2,2-5H3/t17-,18-,21?,24+,26-,28-/m0/s1. The molecule has 1 aromatic heterocycles. The molecule has 200 valence electrons. The molecule has 1 heterocycles. The van der Waals surface area contributed by atoms with Gasteiger partial charge in [0.15, 0.2) is 9.84 Å². The number of halogens is 1. The van der Waals surface area contributed by atoms with Gasteiger partial charge in [0.25, 0.3) is 0 Å². The van der Waals surface area contributed by atoms with Crippen LogP contribution in [0.1, 0.15) is 60.7 Å². The summed E-state index contributed by atoms with van der Waals surface area (Å²) in [6.07, 6.45) is 7.05. The summed E-state index contributed by atoms with van der Waals surface area (Å²) in [7, 11) is -1.80. The van der Waals surface area contributed by atoms with Crippen molar-refractivity contribution in [3.8, 4) is 12.3 Å². The van der Waals surface area contributed by atoms with Crippen molar-refractivity contribution in [1.82, 2.24) is 9.88 Å². The number of sulfone groups is 1. The first-order valence-electron chi connectivity index (χ1n) is 12.6. The number of carbonyl (C=O) groups is 1. The van der Waals surface area contributed by atoms with Crippen LogP contribution in [-0.2, 0) is 32.6 Å². The SMILES string of the molecule is C#CCN(C)C(=O)[C@@H](C)C1CC[C@@]2(C)Cc3sc(CS(=O)(=O)Cc4ccc(F)cc4)nc3[C@@H](C)[C@@H]2[C@H]1O. The Kier molecular flexibility index (Phi) is 7.85. The van der Waals surface area contributed by atoms with Crippen molar-refractivity contribution in [2.45, 2.75) is 63.6 Å². The average Bonchev–Trinajstić information content (AvgIpc) is 3.20. The Bertz CT molecular complexity index is 1300. The van der Waals surface area contributed by atoms with Crippen LogP contribution < -0.4 is 0 Å². The second kappa shape index (κ2) is 10.5. The van der Waals surface area contributed by atoms with Crippen molar-refractivity contribution in [1.29, 1.82) is 0 Å². The van der Waals surface area contributed by atoms with E-state index in [-0.39, 0.29) is 53.0 Å². The maximum Gasteiger partial charge on any atom is 0.226 e. The summed E-state index contributed by atoms with van der Waals surface area (Å²) in [5.41, 5.74) is 1.25. The number of benzene rings is 1. The number of rotatable bonds is 7. The summed E-state index contributed by atoms with van der Waals surface area (Å²) >= 11 is 1.44. The van der Waals surface area contributed by atoms with Crippen LogP contribution >= 0.6 is 11.3 Å². The van der Waals surface area contributed by atoms with Gasteiger partial charge in [-0.1, -0.05) is 38.8 Å². The Balaban J connectivity index is 1.53. The maximum atomic E-state index is 13.2. The van der Waals surface area contributed by atoms with E-state index in [2.05, 4.69) is 19.8 Å². The second-order valence-corrected chi connectivity index (χ2v) is 14.3. The molecule has 6 nitrogen and oxygen atoms in total. The number of fused-ring (bicyclic) bond motifs is 2. The van der Waals surface area contributed by atoms with E-state index in [1.165, 1.54) is 40.5 Å². The highest BCUT2D eigenvalue weighted by atomic mass is 32.2. The van der Waals surface area contributed by atoms with E-state index in [9.17, 15) is 22.7 Å². The average molecular weight is 547 g/mol. The van der Waals surface area contributed by atoms with Crippen molar-refractivity contribution in [3.05, 3.63) is 51.2 Å². The van der Waals surface area contributed by atoms with E-state index in [0.29, 0.717) is 10.6 Å². The summed E-state index contributed by atoms with van der Waals surface area (Å²) in [6.45, 7) is 6.36. The Morgan fingerprint density at radius 2 is 2.03 bits per heavy atom. The number of aliphatic hydroxyl groups excluding tert-OH is 1. The van der Waals surface area contributed by atoms with Gasteiger partial charge < -0.3 is 10.0 Å². The zero-order valence-electron chi connectivity index (χ0n) is 21.8. The molecular weight excluding hydrogens is 511 g/mol. The summed E-state index contributed by atoms with van der Waals surface area (Å²) in [5, 5.41) is 12.1. The summed E-state index contributed by atoms with van der Waals surface area (Å²) < 4.78 is 39.0. The first-order chi connectivity index (χ1) is 17.3. The van der Waals surface area contributed by atoms with E-state index in [1.54, 1.807) is 7.05 Å². The van der Waals surface area contributed by atoms with Crippen LogP contribution in [0.3, 0.4) is 0 Å². The van der Waals surface area contributed by atoms with Crippen LogP contribution in [0.25, 0.3) is 0 Å². The number of carbonyl (C=O) groups excluding carboxylic acids is 1. The smallest absolute Gasteiger partial charge is 0.226 e. The minimum absolute atomic E-state index is 0.0583. The molecule has 6 atom stereocenters. The Morgan fingerprint density at radius 3 is 2.68 bits per heavy atom. The van der Waals surface area contributed by atoms with E-state index in [0.717, 1.165) is 29.8 Å². The molecule has 1 aromatic carbocycles. The van der Waals surface area contributed by atoms with Crippen LogP contribution in [-0.4, -0.2) is 49.0 Å². The lowest BCUT2D eigenvalue weighted by atomic mass is 9.53. The first kappa shape index (κ1) is 27.7. The van der Waals surface area contributed by atoms with Gasteiger partial charge in [0.1, 0.15) is 16.6 Å². The molecule has 0 spiro atoms. The van der Waals surface area contributed by atoms with E-state index in [4.69, 9.17) is 11.4 Å². The molecule has 1 unspecified atom stereocenters. The largest absolute Gasteiger partial charge is 0.392 e. The fraction of sp³-hybridized carbons (Fsp3) is 0.571. The summed E-state index contributed by atoms with van der Waals surface area (Å²) in [6, 6.07) is 5.50. The molecule has 9 heteroatoms. The Hall–Kier alpha value is -2.28. The van der Waals surface area contributed by atoms with Crippen molar-refractivity contribution in [3.63, 3.8) is 0 Å². The first-order valence-corrected chi connectivity index (χ1v) is 15.3. The van der Waals surface area contributed by atoms with Gasteiger partial charge in [-0.2, -0.15) is 0 Å². The van der Waals surface area contributed by atoms with Crippen LogP contribution in [0.4, 0.5) is 4.39 Å². The molecule has 2 aliphatic carbocycles. The van der Waals surface area contributed by atoms with Crippen molar-refractivity contribution >= 4 is 27.1 Å². The third kappa shape index (κ3) is 5.62. The third-order valence-electron chi connectivity index (χ3n) is 8.35. The number of hydrogen-bond acceptors (Lipinski definition) is 6. The van der Waals surface area contributed by atoms with Crippen molar-refractivity contribution < 1.29 is 22.7 Å². The highest BCUT2D eigenvalue weighted by molar-refractivity contribution is 7.90. The monoisotopic (exact) mass is 546 g/mol. The van der Waals surface area contributed by atoms with Gasteiger partial charge in [-0.25, -0.2) is 17.8 Å². The highest BCUT2D eigenvalue weighted by Gasteiger charge is 2.54. The van der Waals surface area contributed by atoms with Gasteiger partial charge in [-0.3, -0.25) is 4.79 Å². The van der Waals surface area contributed by atoms with E-state index in [1.807, 2.05) is 6.92 Å². The molecule has 37 heavy (non-hydrogen) atoms. The molecule has 2 aliphatic rings. The van der Waals surface area contributed by atoms with Gasteiger partial charge in [-0.15, -0.1) is 17.8 Å². The number of hydrogen-bond donors (Lipinski definition) is 1. The number of amides is 1. The van der Waals surface area contributed by atoms with Crippen LogP contribution in [0.5, 0.6) is 0 Å². The van der Waals surface area contributed by atoms with Gasteiger partial charge in [0.2, 0.25) is 5.91 Å². The van der Waals surface area contributed by atoms with Gasteiger partial charge in [-0.05, 0) is 54.2 Å². The van der Waals surface area contributed by atoms with Crippen LogP contribution in [0.2, 0.25) is 0 Å². The van der Waals surface area contributed by atoms with Crippen molar-refractivity contribution in [2.24, 2.45) is 23.2 Å². The molecular formula is C28H35FN2O4S2. The van der Waals surface area contributed by atoms with Gasteiger partial charge in [0, 0.05) is 23.8 Å². The summed E-state index contributed by atoms with van der Waals surface area (Å²) in [5.74, 6) is 1.01. The molecule has 0 bridgehead atoms. The normalized spacial score (nSPS) is 28.0. The topological polar surface area (TPSA) is 87.6 Å². The predicted octanol–water partition coefficient (Wildman–Crippen LogP) is 4.18. The van der Waals surface area contributed by atoms with Gasteiger partial charge in [0.05, 0.1) is 24.1 Å². The lowest BCUT2D eigenvalue weighted by molar-refractivity contribution is -0.142. The quantitative estimate of drug-likeness (QED) is 0.527. The zero-order chi connectivity index (χ0) is 27.1. The lowest BCUT2D eigenvalue weighted by Gasteiger charge is -2.53. The third-order valence-corrected chi connectivity index (χ3v) is 11.1. The molecule has 1 saturated carbocycles. The molecule has 0 saturated heterocycles. The number of thiazole rings is 1. The molecule has 0 aliphatic heterocycles. The molecule has 1 amide bonds. The number of aromatic nitrogens is 1. The Morgan fingerprint density at radius 1 is 1.35 bits per heavy atom. The number of nitrogens with zero attached hydrogens (tertiary/aromatic N) is 2. The van der Waals surface area contributed by atoms with E-state index < -0.39 is 21.8 Å². The van der Waals surface area contributed by atoms with E-state index >= 15 is 0 Å².